The molecule has 0 atom stereocenters. The van der Waals surface area contributed by atoms with Crippen molar-refractivity contribution in [2.75, 3.05) is 11.1 Å². The molecule has 1 aromatic carbocycles. The van der Waals surface area contributed by atoms with E-state index in [0.29, 0.717) is 0 Å². The first-order chi connectivity index (χ1) is 7.83. The van der Waals surface area contributed by atoms with Crippen LogP contribution in [0.3, 0.4) is 0 Å². The lowest BCUT2D eigenvalue weighted by Gasteiger charge is -2.06. The predicted octanol–water partition coefficient (Wildman–Crippen LogP) is 4.70. The lowest BCUT2D eigenvalue weighted by molar-refractivity contribution is 0.707. The molecule has 0 saturated carbocycles. The van der Waals surface area contributed by atoms with Crippen molar-refractivity contribution in [1.82, 2.24) is 0 Å². The number of hydrogen-bond donors (Lipinski definition) is 1. The van der Waals surface area contributed by atoms with Gasteiger partial charge in [0.25, 0.3) is 0 Å². The molecule has 0 fully saturated rings. The number of hydrogen-bond acceptors (Lipinski definition) is 2. The summed E-state index contributed by atoms with van der Waals surface area (Å²) in [7, 11) is 0. The van der Waals surface area contributed by atoms with Gasteiger partial charge in [0.15, 0.2) is 0 Å². The third-order valence-electron chi connectivity index (χ3n) is 2.25. The summed E-state index contributed by atoms with van der Waals surface area (Å²) in [4.78, 5) is 0. The highest BCUT2D eigenvalue weighted by molar-refractivity contribution is 8.23. The van der Waals surface area contributed by atoms with Crippen molar-refractivity contribution in [2.24, 2.45) is 0 Å². The number of thiocarbonyl (C=S) groups is 1. The Morgan fingerprint density at radius 3 is 2.62 bits per heavy atom. The van der Waals surface area contributed by atoms with Crippen LogP contribution in [0.1, 0.15) is 32.6 Å². The smallest absolute Gasteiger partial charge is 0.138 e. The Bertz CT molecular complexity index is 298. The van der Waals surface area contributed by atoms with E-state index in [9.17, 15) is 0 Å². The highest BCUT2D eigenvalue weighted by Gasteiger charge is 1.97. The van der Waals surface area contributed by atoms with Crippen LogP contribution in [0.25, 0.3) is 0 Å². The minimum Gasteiger partial charge on any atom is -0.341 e. The molecule has 0 aliphatic carbocycles. The van der Waals surface area contributed by atoms with Crippen LogP contribution < -0.4 is 5.32 Å². The third-order valence-corrected chi connectivity index (χ3v) is 3.56. The molecule has 0 unspecified atom stereocenters. The maximum atomic E-state index is 5.27. The monoisotopic (exact) mass is 253 g/mol. The van der Waals surface area contributed by atoms with Crippen molar-refractivity contribution < 1.29 is 0 Å². The summed E-state index contributed by atoms with van der Waals surface area (Å²) in [6.45, 7) is 2.23. The molecule has 1 aromatic rings. The molecule has 1 N–H and O–H groups in total. The van der Waals surface area contributed by atoms with Gasteiger partial charge in [0.05, 0.1) is 0 Å². The Labute approximate surface area is 108 Å². The van der Waals surface area contributed by atoms with Gasteiger partial charge in [-0.1, -0.05) is 68.4 Å². The number of thioether (sulfide) groups is 1. The predicted molar refractivity (Wildman–Crippen MR) is 79.3 cm³/mol. The second-order valence-corrected chi connectivity index (χ2v) is 5.46. The van der Waals surface area contributed by atoms with Gasteiger partial charge in [-0.05, 0) is 18.6 Å². The summed E-state index contributed by atoms with van der Waals surface area (Å²) in [5.74, 6) is 1.12. The van der Waals surface area contributed by atoms with Crippen molar-refractivity contribution in [2.45, 2.75) is 32.6 Å². The number of nitrogens with one attached hydrogen (secondary N) is 1. The Morgan fingerprint density at radius 2 is 1.94 bits per heavy atom. The molecular weight excluding hydrogens is 234 g/mol. The number of unbranched alkanes of at least 4 members (excludes halogenated alkanes) is 3. The van der Waals surface area contributed by atoms with E-state index in [2.05, 4.69) is 12.2 Å². The summed E-state index contributed by atoms with van der Waals surface area (Å²) in [5, 5.41) is 3.23. The van der Waals surface area contributed by atoms with E-state index < -0.39 is 0 Å². The lowest BCUT2D eigenvalue weighted by atomic mass is 10.2. The maximum absolute atomic E-state index is 5.27. The maximum Gasteiger partial charge on any atom is 0.138 e. The van der Waals surface area contributed by atoms with Gasteiger partial charge in [0, 0.05) is 11.4 Å². The fourth-order valence-electron chi connectivity index (χ4n) is 1.37. The van der Waals surface area contributed by atoms with Gasteiger partial charge in [0.1, 0.15) is 4.32 Å². The minimum atomic E-state index is 0.877. The van der Waals surface area contributed by atoms with Crippen molar-refractivity contribution in [1.29, 1.82) is 0 Å². The zero-order valence-corrected chi connectivity index (χ0v) is 11.4. The summed E-state index contributed by atoms with van der Waals surface area (Å²) < 4.78 is 0.877. The molecule has 0 bridgehead atoms. The molecule has 0 heterocycles. The average Bonchev–Trinajstić information content (AvgIpc) is 2.30. The molecule has 0 aliphatic heterocycles. The molecule has 0 aliphatic rings. The van der Waals surface area contributed by atoms with E-state index in [4.69, 9.17) is 12.2 Å². The first-order valence-corrected chi connectivity index (χ1v) is 7.21. The molecule has 0 aromatic heterocycles. The van der Waals surface area contributed by atoms with E-state index >= 15 is 0 Å². The van der Waals surface area contributed by atoms with Crippen LogP contribution in [0.2, 0.25) is 0 Å². The highest BCUT2D eigenvalue weighted by atomic mass is 32.2. The molecule has 0 amide bonds. The summed E-state index contributed by atoms with van der Waals surface area (Å²) in [6.07, 6.45) is 5.20. The fourth-order valence-corrected chi connectivity index (χ4v) is 2.46. The number of anilines is 1. The fraction of sp³-hybridized carbons (Fsp3) is 0.462. The molecule has 1 rings (SSSR count). The van der Waals surface area contributed by atoms with Crippen LogP contribution in [0, 0.1) is 0 Å². The Morgan fingerprint density at radius 1 is 1.19 bits per heavy atom. The van der Waals surface area contributed by atoms with E-state index in [1.54, 1.807) is 11.8 Å². The van der Waals surface area contributed by atoms with Gasteiger partial charge in [0.2, 0.25) is 0 Å². The molecule has 0 saturated heterocycles. The van der Waals surface area contributed by atoms with Crippen molar-refractivity contribution in [3.8, 4) is 0 Å². The number of para-hydroxylation sites is 1. The van der Waals surface area contributed by atoms with E-state index in [1.165, 1.54) is 25.7 Å². The van der Waals surface area contributed by atoms with Crippen LogP contribution in [0.4, 0.5) is 5.69 Å². The molecular formula is C13H19NS2. The van der Waals surface area contributed by atoms with Crippen LogP contribution in [-0.2, 0) is 0 Å². The second kappa shape index (κ2) is 8.59. The van der Waals surface area contributed by atoms with Crippen molar-refractivity contribution in [3.05, 3.63) is 30.3 Å². The van der Waals surface area contributed by atoms with Gasteiger partial charge in [-0.15, -0.1) is 0 Å². The third kappa shape index (κ3) is 6.13. The van der Waals surface area contributed by atoms with Gasteiger partial charge >= 0.3 is 0 Å². The highest BCUT2D eigenvalue weighted by Crippen LogP contribution is 2.13. The Kier molecular flexibility index (Phi) is 7.26. The summed E-state index contributed by atoms with van der Waals surface area (Å²) in [5.41, 5.74) is 1.08. The van der Waals surface area contributed by atoms with E-state index in [-0.39, 0.29) is 0 Å². The zero-order valence-electron chi connectivity index (χ0n) is 9.74. The Hall–Kier alpha value is -0.540. The standard InChI is InChI=1S/C13H19NS2/c1-2-3-4-8-11-16-13(15)14-12-9-6-5-7-10-12/h5-7,9-10H,2-4,8,11H2,1H3,(H,14,15). The molecule has 0 radical (unpaired) electrons. The second-order valence-electron chi connectivity index (χ2n) is 3.69. The SMILES string of the molecule is CCCCCCSC(=S)Nc1ccccc1. The minimum absolute atomic E-state index is 0.877. The summed E-state index contributed by atoms with van der Waals surface area (Å²) in [6, 6.07) is 10.1. The first kappa shape index (κ1) is 13.5. The largest absolute Gasteiger partial charge is 0.341 e. The molecule has 16 heavy (non-hydrogen) atoms. The van der Waals surface area contributed by atoms with Crippen LogP contribution in [0.5, 0.6) is 0 Å². The number of benzene rings is 1. The molecule has 1 nitrogen and oxygen atoms in total. The Balaban J connectivity index is 2.12. The molecule has 0 spiro atoms. The van der Waals surface area contributed by atoms with Crippen LogP contribution >= 0.6 is 24.0 Å². The normalized spacial score (nSPS) is 10.1. The van der Waals surface area contributed by atoms with E-state index in [1.807, 2.05) is 30.3 Å². The van der Waals surface area contributed by atoms with Crippen LogP contribution in [0.15, 0.2) is 30.3 Å². The number of rotatable bonds is 6. The zero-order chi connectivity index (χ0) is 11.6. The quantitative estimate of drug-likeness (QED) is 0.583. The van der Waals surface area contributed by atoms with Crippen molar-refractivity contribution in [3.63, 3.8) is 0 Å². The van der Waals surface area contributed by atoms with Crippen LogP contribution in [-0.4, -0.2) is 10.1 Å². The van der Waals surface area contributed by atoms with Gasteiger partial charge < -0.3 is 5.32 Å². The summed E-state index contributed by atoms with van der Waals surface area (Å²) >= 11 is 7.01. The molecule has 3 heteroatoms. The van der Waals surface area contributed by atoms with Gasteiger partial charge in [-0.25, -0.2) is 0 Å². The molecule has 88 valence electrons. The van der Waals surface area contributed by atoms with Gasteiger partial charge in [-0.2, -0.15) is 0 Å². The van der Waals surface area contributed by atoms with Crippen molar-refractivity contribution >= 4 is 34.0 Å². The first-order valence-electron chi connectivity index (χ1n) is 5.81. The van der Waals surface area contributed by atoms with E-state index in [0.717, 1.165) is 15.8 Å². The topological polar surface area (TPSA) is 12.0 Å². The van der Waals surface area contributed by atoms with Gasteiger partial charge in [-0.3, -0.25) is 0 Å². The average molecular weight is 253 g/mol. The lowest BCUT2D eigenvalue weighted by Crippen LogP contribution is -2.04.